The summed E-state index contributed by atoms with van der Waals surface area (Å²) in [6.45, 7) is 3.90. The molecule has 0 aliphatic heterocycles. The molecule has 1 aromatic carbocycles. The van der Waals surface area contributed by atoms with Crippen molar-refractivity contribution in [3.8, 4) is 0 Å². The third-order valence-corrected chi connectivity index (χ3v) is 5.05. The van der Waals surface area contributed by atoms with Gasteiger partial charge in [-0.25, -0.2) is 18.6 Å². The molecule has 1 saturated carbocycles. The van der Waals surface area contributed by atoms with Crippen LogP contribution < -0.4 is 15.5 Å². The van der Waals surface area contributed by atoms with Gasteiger partial charge in [0.2, 0.25) is 10.0 Å². The number of carbonyl (C=O) groups excluding carboxylic acids is 2. The number of amides is 2. The largest absolute Gasteiger partial charge is 0.345 e. The SMILES string of the molecule is CCCNS(=O)(=O)c1ccc(/C(C)=N\NC(=O)C(=O)NC2CC2)cc1. The Labute approximate surface area is 147 Å². The van der Waals surface area contributed by atoms with Crippen LogP contribution >= 0.6 is 0 Å². The second kappa shape index (κ2) is 8.21. The van der Waals surface area contributed by atoms with Crippen LogP contribution in [0, 0.1) is 0 Å². The molecule has 0 saturated heterocycles. The van der Waals surface area contributed by atoms with E-state index in [-0.39, 0.29) is 10.9 Å². The average Bonchev–Trinajstić information content (AvgIpc) is 3.41. The number of carbonyl (C=O) groups is 2. The van der Waals surface area contributed by atoms with Crippen LogP contribution in [0.1, 0.15) is 38.7 Å². The Kier molecular flexibility index (Phi) is 6.27. The van der Waals surface area contributed by atoms with Gasteiger partial charge in [0.25, 0.3) is 0 Å². The molecule has 0 aromatic heterocycles. The number of hydrogen-bond donors (Lipinski definition) is 3. The topological polar surface area (TPSA) is 117 Å². The summed E-state index contributed by atoms with van der Waals surface area (Å²) in [5.74, 6) is -1.53. The Morgan fingerprint density at radius 2 is 1.80 bits per heavy atom. The molecule has 1 aliphatic rings. The summed E-state index contributed by atoms with van der Waals surface area (Å²) >= 11 is 0. The number of sulfonamides is 1. The van der Waals surface area contributed by atoms with Gasteiger partial charge < -0.3 is 5.32 Å². The van der Waals surface area contributed by atoms with Gasteiger partial charge in [-0.05, 0) is 43.9 Å². The van der Waals surface area contributed by atoms with Crippen LogP contribution in [0.2, 0.25) is 0 Å². The molecule has 9 heteroatoms. The quantitative estimate of drug-likeness (QED) is 0.370. The molecular formula is C16H22N4O4S. The molecule has 0 bridgehead atoms. The van der Waals surface area contributed by atoms with Crippen molar-refractivity contribution in [3.05, 3.63) is 29.8 Å². The van der Waals surface area contributed by atoms with Crippen LogP contribution in [-0.4, -0.2) is 38.5 Å². The first kappa shape index (κ1) is 19.1. The molecule has 8 nitrogen and oxygen atoms in total. The Balaban J connectivity index is 1.98. The van der Waals surface area contributed by atoms with Gasteiger partial charge in [0.05, 0.1) is 10.6 Å². The van der Waals surface area contributed by atoms with Gasteiger partial charge in [-0.1, -0.05) is 19.1 Å². The lowest BCUT2D eigenvalue weighted by Crippen LogP contribution is -2.39. The van der Waals surface area contributed by atoms with Gasteiger partial charge >= 0.3 is 11.8 Å². The second-order valence-corrected chi connectivity index (χ2v) is 7.57. The van der Waals surface area contributed by atoms with E-state index in [9.17, 15) is 18.0 Å². The molecule has 0 radical (unpaired) electrons. The van der Waals surface area contributed by atoms with Gasteiger partial charge in [-0.2, -0.15) is 5.10 Å². The van der Waals surface area contributed by atoms with Crippen LogP contribution in [0.25, 0.3) is 0 Å². The van der Waals surface area contributed by atoms with Crippen molar-refractivity contribution in [3.63, 3.8) is 0 Å². The van der Waals surface area contributed by atoms with Crippen LogP contribution in [0.15, 0.2) is 34.3 Å². The highest BCUT2D eigenvalue weighted by Crippen LogP contribution is 2.18. The van der Waals surface area contributed by atoms with Crippen LogP contribution in [0.5, 0.6) is 0 Å². The molecule has 2 amide bonds. The summed E-state index contributed by atoms with van der Waals surface area (Å²) in [6, 6.07) is 6.21. The number of benzene rings is 1. The smallest absolute Gasteiger partial charge is 0.329 e. The normalized spacial score (nSPS) is 14.9. The maximum absolute atomic E-state index is 12.0. The van der Waals surface area contributed by atoms with E-state index in [1.807, 2.05) is 6.92 Å². The third kappa shape index (κ3) is 5.64. The number of hydrogen-bond acceptors (Lipinski definition) is 5. The van der Waals surface area contributed by atoms with Crippen molar-refractivity contribution in [2.45, 2.75) is 44.0 Å². The van der Waals surface area contributed by atoms with Crippen molar-refractivity contribution < 1.29 is 18.0 Å². The minimum Gasteiger partial charge on any atom is -0.345 e. The number of nitrogens with one attached hydrogen (secondary N) is 3. The van der Waals surface area contributed by atoms with Crippen LogP contribution in [0.4, 0.5) is 0 Å². The summed E-state index contributed by atoms with van der Waals surface area (Å²) < 4.78 is 26.5. The summed E-state index contributed by atoms with van der Waals surface area (Å²) in [5, 5.41) is 6.44. The highest BCUT2D eigenvalue weighted by atomic mass is 32.2. The molecule has 1 fully saturated rings. The zero-order chi connectivity index (χ0) is 18.4. The molecule has 25 heavy (non-hydrogen) atoms. The van der Waals surface area contributed by atoms with Gasteiger partial charge in [-0.3, -0.25) is 9.59 Å². The molecule has 0 atom stereocenters. The molecule has 0 heterocycles. The number of nitrogens with zero attached hydrogens (tertiary/aromatic N) is 1. The molecule has 3 N–H and O–H groups in total. The minimum absolute atomic E-state index is 0.0964. The Morgan fingerprint density at radius 1 is 1.16 bits per heavy atom. The number of hydrazone groups is 1. The fourth-order valence-corrected chi connectivity index (χ4v) is 3.06. The van der Waals surface area contributed by atoms with Gasteiger partial charge in [0, 0.05) is 12.6 Å². The van der Waals surface area contributed by atoms with Crippen molar-refractivity contribution in [2.75, 3.05) is 6.54 Å². The van der Waals surface area contributed by atoms with E-state index in [4.69, 9.17) is 0 Å². The van der Waals surface area contributed by atoms with E-state index in [1.54, 1.807) is 19.1 Å². The Morgan fingerprint density at radius 3 is 2.36 bits per heavy atom. The van der Waals surface area contributed by atoms with E-state index < -0.39 is 21.8 Å². The van der Waals surface area contributed by atoms with Gasteiger partial charge in [-0.15, -0.1) is 0 Å². The lowest BCUT2D eigenvalue weighted by atomic mass is 10.1. The van der Waals surface area contributed by atoms with Gasteiger partial charge in [0.15, 0.2) is 0 Å². The predicted molar refractivity (Wildman–Crippen MR) is 93.4 cm³/mol. The lowest BCUT2D eigenvalue weighted by Gasteiger charge is -2.07. The van der Waals surface area contributed by atoms with E-state index >= 15 is 0 Å². The lowest BCUT2D eigenvalue weighted by molar-refractivity contribution is -0.139. The summed E-state index contributed by atoms with van der Waals surface area (Å²) in [7, 11) is -3.52. The maximum atomic E-state index is 12.0. The molecule has 136 valence electrons. The van der Waals surface area contributed by atoms with Crippen molar-refractivity contribution >= 4 is 27.5 Å². The highest BCUT2D eigenvalue weighted by molar-refractivity contribution is 7.89. The van der Waals surface area contributed by atoms with E-state index in [2.05, 4.69) is 20.6 Å². The highest BCUT2D eigenvalue weighted by Gasteiger charge is 2.26. The first-order valence-corrected chi connectivity index (χ1v) is 9.57. The van der Waals surface area contributed by atoms with Crippen molar-refractivity contribution in [1.29, 1.82) is 0 Å². The fourth-order valence-electron chi connectivity index (χ4n) is 1.92. The summed E-state index contributed by atoms with van der Waals surface area (Å²) in [4.78, 5) is 23.3. The van der Waals surface area contributed by atoms with E-state index in [0.717, 1.165) is 12.8 Å². The van der Waals surface area contributed by atoms with Gasteiger partial charge in [0.1, 0.15) is 0 Å². The molecule has 0 unspecified atom stereocenters. The second-order valence-electron chi connectivity index (χ2n) is 5.81. The standard InChI is InChI=1S/C16H22N4O4S/c1-3-10-17-25(23,24)14-8-4-12(5-9-14)11(2)19-20-16(22)15(21)18-13-6-7-13/h4-5,8-9,13,17H,3,6-7,10H2,1-2H3,(H,18,21)(H,20,22)/b19-11-. The third-order valence-electron chi connectivity index (χ3n) is 3.57. The molecule has 2 rings (SSSR count). The first-order chi connectivity index (χ1) is 11.8. The monoisotopic (exact) mass is 366 g/mol. The Hall–Kier alpha value is -2.26. The van der Waals surface area contributed by atoms with Crippen LogP contribution in [0.3, 0.4) is 0 Å². The zero-order valence-corrected chi connectivity index (χ0v) is 15.0. The summed E-state index contributed by atoms with van der Waals surface area (Å²) in [5.41, 5.74) is 3.29. The molecule has 1 aromatic rings. The van der Waals surface area contributed by atoms with Crippen LogP contribution in [-0.2, 0) is 19.6 Å². The zero-order valence-electron chi connectivity index (χ0n) is 14.2. The fraction of sp³-hybridized carbons (Fsp3) is 0.438. The molecular weight excluding hydrogens is 344 g/mol. The minimum atomic E-state index is -3.52. The van der Waals surface area contributed by atoms with Crippen molar-refractivity contribution in [1.82, 2.24) is 15.5 Å². The number of rotatable bonds is 7. The maximum Gasteiger partial charge on any atom is 0.329 e. The molecule has 0 spiro atoms. The summed E-state index contributed by atoms with van der Waals surface area (Å²) in [6.07, 6.45) is 2.49. The first-order valence-electron chi connectivity index (χ1n) is 8.08. The van der Waals surface area contributed by atoms with E-state index in [0.29, 0.717) is 24.2 Å². The average molecular weight is 366 g/mol. The molecule has 1 aliphatic carbocycles. The van der Waals surface area contributed by atoms with Crippen molar-refractivity contribution in [2.24, 2.45) is 5.10 Å². The Bertz CT molecular complexity index is 768. The predicted octanol–water partition coefficient (Wildman–Crippen LogP) is 0.494. The van der Waals surface area contributed by atoms with E-state index in [1.165, 1.54) is 12.1 Å².